The van der Waals surface area contributed by atoms with Crippen LogP contribution in [0.25, 0.3) is 0 Å². The Bertz CT molecular complexity index is 999. The summed E-state index contributed by atoms with van der Waals surface area (Å²) < 4.78 is 26.3. The highest BCUT2D eigenvalue weighted by Crippen LogP contribution is 2.25. The highest BCUT2D eigenvalue weighted by molar-refractivity contribution is 7.92. The number of carbonyl (C=O) groups excluding carboxylic acids is 1. The molecule has 0 spiro atoms. The molecule has 0 bridgehead atoms. The summed E-state index contributed by atoms with van der Waals surface area (Å²) in [5.74, 6) is -0.321. The minimum Gasteiger partial charge on any atom is -0.347 e. The van der Waals surface area contributed by atoms with Gasteiger partial charge in [0, 0.05) is 0 Å². The molecule has 0 saturated heterocycles. The van der Waals surface area contributed by atoms with Crippen molar-refractivity contribution in [3.63, 3.8) is 0 Å². The van der Waals surface area contributed by atoms with E-state index in [4.69, 9.17) is 0 Å². The lowest BCUT2D eigenvalue weighted by Crippen LogP contribution is -2.48. The fraction of sp³-hybridized carbons (Fsp3) is 0.435. The normalized spacial score (nSPS) is 13.6. The fourth-order valence-electron chi connectivity index (χ4n) is 3.37. The lowest BCUT2D eigenvalue weighted by molar-refractivity contribution is -0.122. The van der Waals surface area contributed by atoms with Crippen LogP contribution in [0.1, 0.15) is 54.1 Å². The maximum absolute atomic E-state index is 13.0. The summed E-state index contributed by atoms with van der Waals surface area (Å²) in [7, 11) is -3.64. The molecule has 158 valence electrons. The summed E-state index contributed by atoms with van der Waals surface area (Å²) in [6.45, 7) is 11.6. The van der Waals surface area contributed by atoms with Crippen LogP contribution in [0, 0.1) is 27.7 Å². The molecule has 0 saturated carbocycles. The van der Waals surface area contributed by atoms with Gasteiger partial charge in [-0.05, 0) is 81.0 Å². The van der Waals surface area contributed by atoms with Crippen molar-refractivity contribution < 1.29 is 13.2 Å². The number of amides is 1. The molecule has 29 heavy (non-hydrogen) atoms. The van der Waals surface area contributed by atoms with E-state index >= 15 is 0 Å². The quantitative estimate of drug-likeness (QED) is 0.730. The predicted molar refractivity (Wildman–Crippen MR) is 120 cm³/mol. The smallest absolute Gasteiger partial charge is 0.244 e. The molecule has 6 heteroatoms. The Hall–Kier alpha value is -2.34. The van der Waals surface area contributed by atoms with E-state index in [2.05, 4.69) is 11.4 Å². The molecule has 0 radical (unpaired) electrons. The lowest BCUT2D eigenvalue weighted by Gasteiger charge is -2.30. The molecule has 0 aliphatic heterocycles. The third-order valence-corrected chi connectivity index (χ3v) is 6.73. The van der Waals surface area contributed by atoms with Gasteiger partial charge in [0.25, 0.3) is 0 Å². The molecule has 1 amide bonds. The largest absolute Gasteiger partial charge is 0.347 e. The zero-order valence-corrected chi connectivity index (χ0v) is 19.2. The van der Waals surface area contributed by atoms with Crippen LogP contribution in [-0.4, -0.2) is 26.6 Å². The van der Waals surface area contributed by atoms with Crippen molar-refractivity contribution in [2.24, 2.45) is 0 Å². The van der Waals surface area contributed by atoms with Gasteiger partial charge in [-0.25, -0.2) is 8.42 Å². The Labute approximate surface area is 175 Å². The van der Waals surface area contributed by atoms with Crippen molar-refractivity contribution in [3.05, 3.63) is 64.2 Å². The Kier molecular flexibility index (Phi) is 7.11. The van der Waals surface area contributed by atoms with Gasteiger partial charge in [-0.2, -0.15) is 0 Å². The highest BCUT2D eigenvalue weighted by atomic mass is 32.2. The summed E-state index contributed by atoms with van der Waals surface area (Å²) >= 11 is 0. The second-order valence-electron chi connectivity index (χ2n) is 7.82. The number of nitrogens with zero attached hydrogens (tertiary/aromatic N) is 1. The molecule has 0 aromatic heterocycles. The molecule has 0 aliphatic rings. The van der Waals surface area contributed by atoms with Gasteiger partial charge < -0.3 is 5.32 Å². The lowest BCUT2D eigenvalue weighted by atomic mass is 9.99. The number of hydrogen-bond donors (Lipinski definition) is 1. The molecule has 5 nitrogen and oxygen atoms in total. The van der Waals surface area contributed by atoms with Crippen LogP contribution >= 0.6 is 0 Å². The minimum atomic E-state index is -3.64. The van der Waals surface area contributed by atoms with Crippen molar-refractivity contribution in [1.82, 2.24) is 5.32 Å². The average molecular weight is 417 g/mol. The van der Waals surface area contributed by atoms with Gasteiger partial charge in [-0.15, -0.1) is 0 Å². The van der Waals surface area contributed by atoms with Crippen molar-refractivity contribution >= 4 is 21.6 Å². The van der Waals surface area contributed by atoms with Gasteiger partial charge in [0.05, 0.1) is 18.0 Å². The first-order chi connectivity index (χ1) is 13.5. The van der Waals surface area contributed by atoms with E-state index in [9.17, 15) is 13.2 Å². The van der Waals surface area contributed by atoms with E-state index in [0.29, 0.717) is 12.1 Å². The van der Waals surface area contributed by atoms with E-state index < -0.39 is 16.1 Å². The summed E-state index contributed by atoms with van der Waals surface area (Å²) in [4.78, 5) is 13.0. The van der Waals surface area contributed by atoms with Crippen molar-refractivity contribution in [2.45, 2.75) is 60.0 Å². The first-order valence-corrected chi connectivity index (χ1v) is 11.7. The molecule has 0 aliphatic carbocycles. The third-order valence-electron chi connectivity index (χ3n) is 5.49. The average Bonchev–Trinajstić information content (AvgIpc) is 2.63. The third kappa shape index (κ3) is 5.38. The molecule has 2 atom stereocenters. The number of rotatable bonds is 7. The standard InChI is InChI=1S/C23H32N2O3S/c1-8-22(20-11-9-15(2)17(4)13-20)24-23(26)19(6)25(29(7,27)28)21-12-10-16(3)18(5)14-21/h9-14,19,22H,8H2,1-7H3,(H,24,26). The van der Waals surface area contributed by atoms with Gasteiger partial charge >= 0.3 is 0 Å². The van der Waals surface area contributed by atoms with Gasteiger partial charge in [0.15, 0.2) is 0 Å². The number of sulfonamides is 1. The summed E-state index contributed by atoms with van der Waals surface area (Å²) in [6.07, 6.45) is 1.84. The Morgan fingerprint density at radius 1 is 0.966 bits per heavy atom. The van der Waals surface area contributed by atoms with E-state index in [0.717, 1.165) is 28.5 Å². The number of anilines is 1. The molecule has 2 rings (SSSR count). The number of carbonyl (C=O) groups is 1. The second kappa shape index (κ2) is 8.99. The zero-order chi connectivity index (χ0) is 21.9. The van der Waals surface area contributed by atoms with E-state index in [1.165, 1.54) is 9.87 Å². The number of hydrogen-bond acceptors (Lipinski definition) is 3. The van der Waals surface area contributed by atoms with Gasteiger partial charge in [-0.3, -0.25) is 9.10 Å². The topological polar surface area (TPSA) is 66.5 Å². The first kappa shape index (κ1) is 22.9. The molecular weight excluding hydrogens is 384 g/mol. The van der Waals surface area contributed by atoms with Gasteiger partial charge in [-0.1, -0.05) is 31.2 Å². The first-order valence-electron chi connectivity index (χ1n) is 9.89. The van der Waals surface area contributed by atoms with Gasteiger partial charge in [0.2, 0.25) is 15.9 Å². The Balaban J connectivity index is 2.32. The zero-order valence-electron chi connectivity index (χ0n) is 18.4. The fourth-order valence-corrected chi connectivity index (χ4v) is 4.53. The maximum atomic E-state index is 13.0. The molecule has 0 heterocycles. The van der Waals surface area contributed by atoms with Crippen molar-refractivity contribution in [2.75, 3.05) is 10.6 Å². The van der Waals surface area contributed by atoms with Crippen LogP contribution in [0.15, 0.2) is 36.4 Å². The number of nitrogens with one attached hydrogen (secondary N) is 1. The number of aryl methyl sites for hydroxylation is 4. The van der Waals surface area contributed by atoms with Crippen LogP contribution < -0.4 is 9.62 Å². The summed E-state index contributed by atoms with van der Waals surface area (Å²) in [5, 5.41) is 3.03. The van der Waals surface area contributed by atoms with Gasteiger partial charge in [0.1, 0.15) is 6.04 Å². The molecular formula is C23H32N2O3S. The molecule has 2 aromatic carbocycles. The van der Waals surface area contributed by atoms with E-state index in [1.807, 2.05) is 52.8 Å². The predicted octanol–water partition coefficient (Wildman–Crippen LogP) is 4.34. The van der Waals surface area contributed by atoms with Crippen LogP contribution in [0.2, 0.25) is 0 Å². The number of benzene rings is 2. The van der Waals surface area contributed by atoms with Crippen molar-refractivity contribution in [1.29, 1.82) is 0 Å². The molecule has 2 aromatic rings. The SMILES string of the molecule is CCC(NC(=O)C(C)N(c1ccc(C)c(C)c1)S(C)(=O)=O)c1ccc(C)c(C)c1. The van der Waals surface area contributed by atoms with Crippen LogP contribution in [0.3, 0.4) is 0 Å². The second-order valence-corrected chi connectivity index (χ2v) is 9.68. The van der Waals surface area contributed by atoms with E-state index in [-0.39, 0.29) is 11.9 Å². The van der Waals surface area contributed by atoms with Crippen LogP contribution in [0.5, 0.6) is 0 Å². The maximum Gasteiger partial charge on any atom is 0.244 e. The summed E-state index contributed by atoms with van der Waals surface area (Å²) in [5.41, 5.74) is 5.92. The highest BCUT2D eigenvalue weighted by Gasteiger charge is 2.30. The Morgan fingerprint density at radius 2 is 1.52 bits per heavy atom. The molecule has 0 fully saturated rings. The van der Waals surface area contributed by atoms with E-state index in [1.54, 1.807) is 19.1 Å². The summed E-state index contributed by atoms with van der Waals surface area (Å²) in [6, 6.07) is 10.5. The van der Waals surface area contributed by atoms with Crippen LogP contribution in [0.4, 0.5) is 5.69 Å². The minimum absolute atomic E-state index is 0.176. The van der Waals surface area contributed by atoms with Crippen molar-refractivity contribution in [3.8, 4) is 0 Å². The molecule has 2 unspecified atom stereocenters. The monoisotopic (exact) mass is 416 g/mol. The van der Waals surface area contributed by atoms with Crippen LogP contribution in [-0.2, 0) is 14.8 Å². The molecule has 1 N–H and O–H groups in total. The Morgan fingerprint density at radius 3 is 2.00 bits per heavy atom.